The van der Waals surface area contributed by atoms with Gasteiger partial charge in [-0.15, -0.1) is 11.3 Å². The van der Waals surface area contributed by atoms with Crippen LogP contribution in [0.3, 0.4) is 0 Å². The zero-order chi connectivity index (χ0) is 19.4. The average Bonchev–Trinajstić information content (AvgIpc) is 3.13. The van der Waals surface area contributed by atoms with Crippen molar-refractivity contribution in [1.82, 2.24) is 5.32 Å². The molecule has 0 fully saturated rings. The number of nitrogens with zero attached hydrogens (tertiary/aromatic N) is 1. The second kappa shape index (κ2) is 8.25. The number of nitrogens with one attached hydrogen (secondary N) is 1. The molecule has 0 saturated carbocycles. The number of hydrogen-bond donors (Lipinski definition) is 1. The van der Waals surface area contributed by atoms with E-state index in [2.05, 4.69) is 18.0 Å². The fraction of sp³-hybridized carbons (Fsp3) is 0.150. The highest BCUT2D eigenvalue weighted by molar-refractivity contribution is 7.99. The lowest BCUT2D eigenvalue weighted by molar-refractivity contribution is -0.139. The Bertz CT molecular complexity index is 999. The summed E-state index contributed by atoms with van der Waals surface area (Å²) in [7, 11) is 0. The lowest BCUT2D eigenvalue weighted by Crippen LogP contribution is -2.29. The van der Waals surface area contributed by atoms with E-state index in [-0.39, 0.29) is 18.7 Å². The number of esters is 1. The molecular formula is C20H16N2O3S2. The summed E-state index contributed by atoms with van der Waals surface area (Å²) in [5, 5.41) is 14.3. The van der Waals surface area contributed by atoms with Crippen LogP contribution in [0.25, 0.3) is 5.57 Å². The van der Waals surface area contributed by atoms with Gasteiger partial charge in [0.2, 0.25) is 0 Å². The molecule has 3 rings (SSSR count). The number of amides is 1. The Labute approximate surface area is 165 Å². The molecule has 0 atom stereocenters. The molecule has 5 nitrogen and oxygen atoms in total. The predicted molar refractivity (Wildman–Crippen MR) is 105 cm³/mol. The van der Waals surface area contributed by atoms with Gasteiger partial charge in [-0.2, -0.15) is 5.26 Å². The van der Waals surface area contributed by atoms with Crippen LogP contribution in [0.2, 0.25) is 0 Å². The van der Waals surface area contributed by atoms with Gasteiger partial charge in [0.15, 0.2) is 0 Å². The highest BCUT2D eigenvalue weighted by Gasteiger charge is 2.27. The van der Waals surface area contributed by atoms with Crippen LogP contribution in [0.4, 0.5) is 0 Å². The van der Waals surface area contributed by atoms with Crippen LogP contribution < -0.4 is 5.32 Å². The maximum Gasteiger partial charge on any atom is 0.333 e. The molecule has 0 bridgehead atoms. The molecule has 2 heterocycles. The Morgan fingerprint density at radius 3 is 2.78 bits per heavy atom. The first-order valence-electron chi connectivity index (χ1n) is 8.13. The second-order valence-electron chi connectivity index (χ2n) is 5.75. The van der Waals surface area contributed by atoms with Crippen molar-refractivity contribution >= 4 is 40.5 Å². The van der Waals surface area contributed by atoms with Crippen molar-refractivity contribution in [2.45, 2.75) is 16.7 Å². The summed E-state index contributed by atoms with van der Waals surface area (Å²) in [6, 6.07) is 11.8. The first-order chi connectivity index (χ1) is 13.0. The number of hydrogen-bond acceptors (Lipinski definition) is 6. The molecule has 0 unspecified atom stereocenters. The molecule has 0 saturated heterocycles. The quantitative estimate of drug-likeness (QED) is 0.307. The van der Waals surface area contributed by atoms with Crippen molar-refractivity contribution in [2.75, 3.05) is 13.2 Å². The largest absolute Gasteiger partial charge is 0.460 e. The van der Waals surface area contributed by atoms with Crippen LogP contribution >= 0.6 is 23.1 Å². The third-order valence-corrected chi connectivity index (χ3v) is 5.99. The van der Waals surface area contributed by atoms with E-state index in [0.29, 0.717) is 11.1 Å². The van der Waals surface area contributed by atoms with Gasteiger partial charge in [-0.1, -0.05) is 36.5 Å². The highest BCUT2D eigenvalue weighted by atomic mass is 32.2. The van der Waals surface area contributed by atoms with E-state index in [1.54, 1.807) is 18.7 Å². The van der Waals surface area contributed by atoms with Gasteiger partial charge < -0.3 is 10.1 Å². The number of benzene rings is 1. The van der Waals surface area contributed by atoms with Crippen molar-refractivity contribution in [3.8, 4) is 6.07 Å². The smallest absolute Gasteiger partial charge is 0.333 e. The number of thiophene rings is 1. The lowest BCUT2D eigenvalue weighted by atomic mass is 9.97. The first-order valence-corrected chi connectivity index (χ1v) is 9.83. The Balaban J connectivity index is 1.86. The van der Waals surface area contributed by atoms with Gasteiger partial charge in [0, 0.05) is 20.9 Å². The van der Waals surface area contributed by atoms with Crippen molar-refractivity contribution in [3.05, 3.63) is 63.9 Å². The molecule has 1 N–H and O–H groups in total. The molecule has 1 aliphatic heterocycles. The van der Waals surface area contributed by atoms with E-state index < -0.39 is 11.9 Å². The molecule has 7 heteroatoms. The fourth-order valence-corrected chi connectivity index (χ4v) is 4.76. The first kappa shape index (κ1) is 19.0. The molecule has 136 valence electrons. The maximum absolute atomic E-state index is 12.6. The summed E-state index contributed by atoms with van der Waals surface area (Å²) >= 11 is 3.13. The minimum Gasteiger partial charge on any atom is -0.460 e. The summed E-state index contributed by atoms with van der Waals surface area (Å²) < 4.78 is 4.96. The molecule has 1 aliphatic rings. The van der Waals surface area contributed by atoms with E-state index in [0.717, 1.165) is 20.2 Å². The standard InChI is InChI=1S/C20H16N2O3S2/c1-12(2)20(24)25-9-8-22-19(23)14(11-21)17-13-5-3-4-6-15(13)27-16-7-10-26-18(16)17/h3-7,10H,1,8-9H2,2H3,(H,22,23)/b17-14+. The molecule has 1 amide bonds. The van der Waals surface area contributed by atoms with E-state index >= 15 is 0 Å². The van der Waals surface area contributed by atoms with Crippen LogP contribution in [0.5, 0.6) is 0 Å². The molecule has 1 aromatic carbocycles. The number of rotatable bonds is 5. The molecule has 1 aromatic heterocycles. The lowest BCUT2D eigenvalue weighted by Gasteiger charge is -2.20. The van der Waals surface area contributed by atoms with Crippen molar-refractivity contribution in [1.29, 1.82) is 5.26 Å². The SMILES string of the molecule is C=C(C)C(=O)OCCNC(=O)/C(C#N)=C1\c2ccccc2Sc2ccsc21. The van der Waals surface area contributed by atoms with Gasteiger partial charge >= 0.3 is 5.97 Å². The summed E-state index contributed by atoms with van der Waals surface area (Å²) in [4.78, 5) is 27.0. The van der Waals surface area contributed by atoms with Crippen LogP contribution in [0.15, 0.2) is 63.2 Å². The molecule has 27 heavy (non-hydrogen) atoms. The van der Waals surface area contributed by atoms with Crippen LogP contribution in [-0.4, -0.2) is 25.0 Å². The number of ether oxygens (including phenoxy) is 1. The fourth-order valence-electron chi connectivity index (χ4n) is 2.55. The normalized spacial score (nSPS) is 13.6. The van der Waals surface area contributed by atoms with Crippen molar-refractivity contribution in [2.24, 2.45) is 0 Å². The third kappa shape index (κ3) is 3.97. The predicted octanol–water partition coefficient (Wildman–Crippen LogP) is 3.77. The van der Waals surface area contributed by atoms with E-state index in [1.807, 2.05) is 35.7 Å². The average molecular weight is 396 g/mol. The number of carbonyl (C=O) groups excluding carboxylic acids is 2. The summed E-state index contributed by atoms with van der Waals surface area (Å²) in [6.45, 7) is 5.18. The Kier molecular flexibility index (Phi) is 5.79. The van der Waals surface area contributed by atoms with Crippen LogP contribution in [0.1, 0.15) is 17.4 Å². The Morgan fingerprint density at radius 1 is 1.26 bits per heavy atom. The molecule has 0 spiro atoms. The van der Waals surface area contributed by atoms with Gasteiger partial charge in [-0.3, -0.25) is 4.79 Å². The maximum atomic E-state index is 12.6. The number of fused-ring (bicyclic) bond motifs is 2. The summed E-state index contributed by atoms with van der Waals surface area (Å²) in [5.74, 6) is -0.996. The molecular weight excluding hydrogens is 380 g/mol. The van der Waals surface area contributed by atoms with Gasteiger partial charge in [0.25, 0.3) is 5.91 Å². The number of nitriles is 1. The molecule has 2 aromatic rings. The Hall–Kier alpha value is -2.82. The molecule has 0 radical (unpaired) electrons. The minimum absolute atomic E-state index is 0.0160. The third-order valence-electron chi connectivity index (χ3n) is 3.79. The molecule has 0 aliphatic carbocycles. The van der Waals surface area contributed by atoms with Crippen molar-refractivity contribution in [3.63, 3.8) is 0 Å². The summed E-state index contributed by atoms with van der Waals surface area (Å²) in [5.41, 5.74) is 1.87. The monoisotopic (exact) mass is 396 g/mol. The van der Waals surface area contributed by atoms with Gasteiger partial charge in [0.05, 0.1) is 11.4 Å². The van der Waals surface area contributed by atoms with E-state index in [9.17, 15) is 14.9 Å². The van der Waals surface area contributed by atoms with Crippen LogP contribution in [0, 0.1) is 11.3 Å². The topological polar surface area (TPSA) is 79.2 Å². The highest BCUT2D eigenvalue weighted by Crippen LogP contribution is 2.48. The minimum atomic E-state index is -0.510. The zero-order valence-corrected chi connectivity index (χ0v) is 16.2. The Morgan fingerprint density at radius 2 is 2.04 bits per heavy atom. The number of carbonyl (C=O) groups is 2. The van der Waals surface area contributed by atoms with E-state index in [1.165, 1.54) is 11.3 Å². The van der Waals surface area contributed by atoms with Gasteiger partial charge in [0.1, 0.15) is 18.2 Å². The second-order valence-corrected chi connectivity index (χ2v) is 7.75. The van der Waals surface area contributed by atoms with Crippen molar-refractivity contribution < 1.29 is 14.3 Å². The zero-order valence-electron chi connectivity index (χ0n) is 14.6. The van der Waals surface area contributed by atoms with Gasteiger partial charge in [-0.05, 0) is 30.0 Å². The van der Waals surface area contributed by atoms with E-state index in [4.69, 9.17) is 4.74 Å². The summed E-state index contributed by atoms with van der Waals surface area (Å²) in [6.07, 6.45) is 0. The van der Waals surface area contributed by atoms with Crippen LogP contribution in [-0.2, 0) is 14.3 Å². The van der Waals surface area contributed by atoms with Gasteiger partial charge in [-0.25, -0.2) is 4.79 Å².